The number of nitrogens with one attached hydrogen (secondary N) is 1. The van der Waals surface area contributed by atoms with Gasteiger partial charge in [-0.05, 0) is 52.3 Å². The van der Waals surface area contributed by atoms with Crippen molar-refractivity contribution < 1.29 is 4.39 Å². The molecule has 88 valence electrons. The van der Waals surface area contributed by atoms with Crippen molar-refractivity contribution in [3.63, 3.8) is 0 Å². The molecular weight excluding hydrogens is 283 g/mol. The molecule has 0 aliphatic carbocycles. The molecule has 1 atom stereocenters. The molecule has 0 spiro atoms. The minimum absolute atomic E-state index is 0.0144. The number of hydrogen-bond acceptors (Lipinski definition) is 2. The van der Waals surface area contributed by atoms with Crippen molar-refractivity contribution in [1.82, 2.24) is 10.3 Å². The van der Waals surface area contributed by atoms with Gasteiger partial charge in [0, 0.05) is 12.4 Å². The molecule has 0 fully saturated rings. The first kappa shape index (κ1) is 12.2. The maximum atomic E-state index is 13.2. The molecule has 1 aromatic heterocycles. The fraction of sp³-hybridized carbons (Fsp3) is 0.154. The molecule has 0 radical (unpaired) electrons. The normalized spacial score (nSPS) is 12.4. The van der Waals surface area contributed by atoms with Gasteiger partial charge in [0.25, 0.3) is 0 Å². The number of nitrogens with zero attached hydrogens (tertiary/aromatic N) is 1. The first-order valence-electron chi connectivity index (χ1n) is 5.24. The number of aromatic nitrogens is 1. The largest absolute Gasteiger partial charge is 0.309 e. The maximum absolute atomic E-state index is 13.2. The van der Waals surface area contributed by atoms with Gasteiger partial charge in [-0.15, -0.1) is 0 Å². The summed E-state index contributed by atoms with van der Waals surface area (Å²) in [5.74, 6) is -0.255. The molecule has 2 nitrogen and oxygen atoms in total. The van der Waals surface area contributed by atoms with Crippen molar-refractivity contribution in [1.29, 1.82) is 0 Å². The molecule has 2 rings (SSSR count). The summed E-state index contributed by atoms with van der Waals surface area (Å²) in [6.45, 7) is 0. The summed E-state index contributed by atoms with van der Waals surface area (Å²) >= 11 is 3.20. The predicted molar refractivity (Wildman–Crippen MR) is 69.2 cm³/mol. The van der Waals surface area contributed by atoms with Crippen LogP contribution < -0.4 is 5.32 Å². The van der Waals surface area contributed by atoms with Crippen LogP contribution in [0.15, 0.2) is 47.2 Å². The van der Waals surface area contributed by atoms with E-state index in [-0.39, 0.29) is 11.9 Å². The molecule has 4 heteroatoms. The zero-order valence-electron chi connectivity index (χ0n) is 9.32. The van der Waals surface area contributed by atoms with Gasteiger partial charge in [-0.25, -0.2) is 4.39 Å². The van der Waals surface area contributed by atoms with Crippen molar-refractivity contribution in [2.24, 2.45) is 0 Å². The Morgan fingerprint density at radius 3 is 2.71 bits per heavy atom. The van der Waals surface area contributed by atoms with Gasteiger partial charge in [-0.3, -0.25) is 4.98 Å². The standard InChI is InChI=1S/C13H12BrFN2/c1-16-13(10-3-2-6-17-8-10)9-4-5-12(15)11(14)7-9/h2-8,13,16H,1H3. The Labute approximate surface area is 108 Å². The van der Waals surface area contributed by atoms with Gasteiger partial charge in [0.05, 0.1) is 10.5 Å². The maximum Gasteiger partial charge on any atom is 0.137 e. The molecule has 2 aromatic rings. The molecule has 17 heavy (non-hydrogen) atoms. The summed E-state index contributed by atoms with van der Waals surface area (Å²) in [6.07, 6.45) is 3.54. The SMILES string of the molecule is CNC(c1cccnc1)c1ccc(F)c(Br)c1. The highest BCUT2D eigenvalue weighted by molar-refractivity contribution is 9.10. The fourth-order valence-corrected chi connectivity index (χ4v) is 2.16. The zero-order valence-corrected chi connectivity index (χ0v) is 10.9. The van der Waals surface area contributed by atoms with Crippen molar-refractivity contribution in [2.45, 2.75) is 6.04 Å². The van der Waals surface area contributed by atoms with E-state index in [1.54, 1.807) is 24.5 Å². The second kappa shape index (κ2) is 5.38. The first-order chi connectivity index (χ1) is 8.22. The van der Waals surface area contributed by atoms with E-state index in [0.717, 1.165) is 11.1 Å². The molecule has 0 bridgehead atoms. The van der Waals surface area contributed by atoms with Crippen LogP contribution in [0, 0.1) is 5.82 Å². The van der Waals surface area contributed by atoms with Gasteiger partial charge in [0.15, 0.2) is 0 Å². The lowest BCUT2D eigenvalue weighted by molar-refractivity contribution is 0.616. The van der Waals surface area contributed by atoms with Crippen LogP contribution in [0.5, 0.6) is 0 Å². The Kier molecular flexibility index (Phi) is 3.86. The summed E-state index contributed by atoms with van der Waals surface area (Å²) in [7, 11) is 1.87. The van der Waals surface area contributed by atoms with Gasteiger partial charge in [0.2, 0.25) is 0 Å². The molecule has 1 heterocycles. The third-order valence-corrected chi connectivity index (χ3v) is 3.19. The summed E-state index contributed by atoms with van der Waals surface area (Å²) in [4.78, 5) is 4.09. The third-order valence-electron chi connectivity index (χ3n) is 2.58. The highest BCUT2D eigenvalue weighted by Gasteiger charge is 2.13. The smallest absolute Gasteiger partial charge is 0.137 e. The van der Waals surface area contributed by atoms with Crippen molar-refractivity contribution in [3.8, 4) is 0 Å². The molecule has 0 saturated carbocycles. The molecule has 0 aliphatic heterocycles. The molecule has 1 N–H and O–H groups in total. The van der Waals surface area contributed by atoms with Crippen molar-refractivity contribution in [3.05, 3.63) is 64.1 Å². The Morgan fingerprint density at radius 1 is 1.29 bits per heavy atom. The number of hydrogen-bond donors (Lipinski definition) is 1. The van der Waals surface area contributed by atoms with E-state index in [2.05, 4.69) is 26.2 Å². The quantitative estimate of drug-likeness (QED) is 0.940. The minimum atomic E-state index is -0.255. The third kappa shape index (κ3) is 2.70. The number of halogens is 2. The van der Waals surface area contributed by atoms with E-state index in [0.29, 0.717) is 4.47 Å². The van der Waals surface area contributed by atoms with Crippen molar-refractivity contribution in [2.75, 3.05) is 7.05 Å². The van der Waals surface area contributed by atoms with Crippen molar-refractivity contribution >= 4 is 15.9 Å². The average molecular weight is 295 g/mol. The molecule has 1 aromatic carbocycles. The summed E-state index contributed by atoms with van der Waals surface area (Å²) < 4.78 is 13.7. The second-order valence-corrected chi connectivity index (χ2v) is 4.54. The van der Waals surface area contributed by atoms with E-state index in [9.17, 15) is 4.39 Å². The number of pyridine rings is 1. The van der Waals surface area contributed by atoms with E-state index in [4.69, 9.17) is 0 Å². The predicted octanol–water partition coefficient (Wildman–Crippen LogP) is 3.29. The van der Waals surface area contributed by atoms with Gasteiger partial charge in [-0.2, -0.15) is 0 Å². The van der Waals surface area contributed by atoms with Crippen LogP contribution >= 0.6 is 15.9 Å². The van der Waals surface area contributed by atoms with E-state index < -0.39 is 0 Å². The average Bonchev–Trinajstić information content (AvgIpc) is 2.36. The van der Waals surface area contributed by atoms with Crippen LogP contribution in [0.1, 0.15) is 17.2 Å². The highest BCUT2D eigenvalue weighted by atomic mass is 79.9. The van der Waals surface area contributed by atoms with Gasteiger partial charge < -0.3 is 5.32 Å². The molecule has 0 amide bonds. The Hall–Kier alpha value is -1.26. The Bertz CT molecular complexity index is 502. The number of benzene rings is 1. The van der Waals surface area contributed by atoms with Gasteiger partial charge in [0.1, 0.15) is 5.82 Å². The Balaban J connectivity index is 2.39. The summed E-state index contributed by atoms with van der Waals surface area (Å²) in [6, 6.07) is 8.90. The van der Waals surface area contributed by atoms with E-state index in [1.807, 2.05) is 19.2 Å². The van der Waals surface area contributed by atoms with E-state index in [1.165, 1.54) is 6.07 Å². The zero-order chi connectivity index (χ0) is 12.3. The molecule has 0 aliphatic rings. The van der Waals surface area contributed by atoms with Crippen LogP contribution in [0.4, 0.5) is 4.39 Å². The van der Waals surface area contributed by atoms with E-state index >= 15 is 0 Å². The van der Waals surface area contributed by atoms with Crippen LogP contribution in [0.2, 0.25) is 0 Å². The molecule has 0 saturated heterocycles. The monoisotopic (exact) mass is 294 g/mol. The van der Waals surface area contributed by atoms with Crippen LogP contribution in [-0.2, 0) is 0 Å². The second-order valence-electron chi connectivity index (χ2n) is 3.68. The molecular formula is C13H12BrFN2. The molecule has 1 unspecified atom stereocenters. The van der Waals surface area contributed by atoms with Crippen LogP contribution in [0.3, 0.4) is 0 Å². The minimum Gasteiger partial charge on any atom is -0.309 e. The highest BCUT2D eigenvalue weighted by Crippen LogP contribution is 2.25. The summed E-state index contributed by atoms with van der Waals surface area (Å²) in [5.41, 5.74) is 2.04. The van der Waals surface area contributed by atoms with Gasteiger partial charge >= 0.3 is 0 Å². The topological polar surface area (TPSA) is 24.9 Å². The fourth-order valence-electron chi connectivity index (χ4n) is 1.76. The van der Waals surface area contributed by atoms with Gasteiger partial charge in [-0.1, -0.05) is 12.1 Å². The lowest BCUT2D eigenvalue weighted by atomic mass is 10.0. The number of rotatable bonds is 3. The van der Waals surface area contributed by atoms with Crippen LogP contribution in [-0.4, -0.2) is 12.0 Å². The first-order valence-corrected chi connectivity index (χ1v) is 6.04. The summed E-state index contributed by atoms with van der Waals surface area (Å²) in [5, 5.41) is 3.20. The Morgan fingerprint density at radius 2 is 2.12 bits per heavy atom. The lowest BCUT2D eigenvalue weighted by Crippen LogP contribution is -2.17. The lowest BCUT2D eigenvalue weighted by Gasteiger charge is -2.17. The van der Waals surface area contributed by atoms with Crippen LogP contribution in [0.25, 0.3) is 0 Å².